The van der Waals surface area contributed by atoms with E-state index in [1.165, 1.54) is 51.4 Å². The molecule has 1 fully saturated rings. The molecule has 0 N–H and O–H groups in total. The molecular weight excluding hydrogens is 144 g/mol. The van der Waals surface area contributed by atoms with Gasteiger partial charge in [0.15, 0.2) is 0 Å². The van der Waals surface area contributed by atoms with E-state index in [1.807, 2.05) is 0 Å². The first-order valence-corrected chi connectivity index (χ1v) is 5.58. The lowest BCUT2D eigenvalue weighted by Crippen LogP contribution is -2.04. The maximum Gasteiger partial charge on any atom is -0.0322 e. The highest BCUT2D eigenvalue weighted by Crippen LogP contribution is 2.26. The lowest BCUT2D eigenvalue weighted by atomic mass is 9.87. The Morgan fingerprint density at radius 1 is 1.08 bits per heavy atom. The Morgan fingerprint density at radius 3 is 2.50 bits per heavy atom. The van der Waals surface area contributed by atoms with Gasteiger partial charge in [-0.25, -0.2) is 0 Å². The van der Waals surface area contributed by atoms with Crippen LogP contribution in [0.15, 0.2) is 12.2 Å². The van der Waals surface area contributed by atoms with Gasteiger partial charge in [-0.3, -0.25) is 0 Å². The number of rotatable bonds is 4. The largest absolute Gasteiger partial charge is 0.0885 e. The van der Waals surface area contributed by atoms with Gasteiger partial charge in [0.2, 0.25) is 0 Å². The van der Waals surface area contributed by atoms with Crippen LogP contribution in [0.5, 0.6) is 0 Å². The molecule has 12 heavy (non-hydrogen) atoms. The van der Waals surface area contributed by atoms with Crippen LogP contribution in [0.3, 0.4) is 0 Å². The van der Waals surface area contributed by atoms with Crippen molar-refractivity contribution in [3.8, 4) is 0 Å². The van der Waals surface area contributed by atoms with Crippen molar-refractivity contribution in [2.45, 2.75) is 58.3 Å². The van der Waals surface area contributed by atoms with E-state index in [4.69, 9.17) is 0 Å². The van der Waals surface area contributed by atoms with Crippen molar-refractivity contribution in [3.63, 3.8) is 0 Å². The Hall–Kier alpha value is -0.260. The summed E-state index contributed by atoms with van der Waals surface area (Å²) in [4.78, 5) is 0. The Balaban J connectivity index is 2.04. The summed E-state index contributed by atoms with van der Waals surface area (Å²) in [6, 6.07) is 0. The van der Waals surface area contributed by atoms with Crippen molar-refractivity contribution in [1.82, 2.24) is 0 Å². The predicted molar refractivity (Wildman–Crippen MR) is 55.2 cm³/mol. The molecule has 0 aromatic heterocycles. The fourth-order valence-corrected chi connectivity index (χ4v) is 2.00. The van der Waals surface area contributed by atoms with Crippen LogP contribution in [0, 0.1) is 5.92 Å². The zero-order chi connectivity index (χ0) is 8.65. The van der Waals surface area contributed by atoms with Crippen molar-refractivity contribution in [2.24, 2.45) is 5.92 Å². The number of hydrogen-bond donors (Lipinski definition) is 0. The Bertz CT molecular complexity index is 118. The van der Waals surface area contributed by atoms with E-state index in [9.17, 15) is 0 Å². The summed E-state index contributed by atoms with van der Waals surface area (Å²) < 4.78 is 0. The third-order valence-electron chi connectivity index (χ3n) is 2.82. The van der Waals surface area contributed by atoms with Gasteiger partial charge < -0.3 is 0 Å². The standard InChI is InChI=1S/C12H22/c1-2-3-4-6-9-12-10-7-5-8-11-12/h4,6,12H,2-3,5,7-11H2,1H3. The first-order chi connectivity index (χ1) is 5.93. The summed E-state index contributed by atoms with van der Waals surface area (Å²) in [7, 11) is 0. The van der Waals surface area contributed by atoms with E-state index >= 15 is 0 Å². The molecule has 1 rings (SSSR count). The highest BCUT2D eigenvalue weighted by molar-refractivity contribution is 4.84. The molecule has 0 nitrogen and oxygen atoms in total. The number of allylic oxidation sites excluding steroid dienone is 2. The van der Waals surface area contributed by atoms with Crippen molar-refractivity contribution in [3.05, 3.63) is 12.2 Å². The van der Waals surface area contributed by atoms with E-state index < -0.39 is 0 Å². The molecule has 0 bridgehead atoms. The van der Waals surface area contributed by atoms with E-state index in [2.05, 4.69) is 19.1 Å². The van der Waals surface area contributed by atoms with Gasteiger partial charge in [-0.1, -0.05) is 57.6 Å². The molecule has 1 aliphatic carbocycles. The van der Waals surface area contributed by atoms with Crippen molar-refractivity contribution < 1.29 is 0 Å². The molecule has 0 atom stereocenters. The van der Waals surface area contributed by atoms with E-state index in [0.717, 1.165) is 5.92 Å². The lowest BCUT2D eigenvalue weighted by Gasteiger charge is -2.19. The molecule has 0 aliphatic heterocycles. The first-order valence-electron chi connectivity index (χ1n) is 5.58. The van der Waals surface area contributed by atoms with E-state index in [1.54, 1.807) is 0 Å². The minimum atomic E-state index is 1.02. The minimum absolute atomic E-state index is 1.02. The number of hydrogen-bond acceptors (Lipinski definition) is 0. The van der Waals surface area contributed by atoms with E-state index in [0.29, 0.717) is 0 Å². The van der Waals surface area contributed by atoms with Gasteiger partial charge in [-0.15, -0.1) is 0 Å². The summed E-state index contributed by atoms with van der Waals surface area (Å²) in [6.45, 7) is 2.24. The van der Waals surface area contributed by atoms with Crippen LogP contribution >= 0.6 is 0 Å². The van der Waals surface area contributed by atoms with E-state index in [-0.39, 0.29) is 0 Å². The third kappa shape index (κ3) is 3.94. The van der Waals surface area contributed by atoms with Gasteiger partial charge >= 0.3 is 0 Å². The lowest BCUT2D eigenvalue weighted by molar-refractivity contribution is 0.361. The van der Waals surface area contributed by atoms with Crippen molar-refractivity contribution in [1.29, 1.82) is 0 Å². The van der Waals surface area contributed by atoms with Crippen molar-refractivity contribution >= 4 is 0 Å². The Morgan fingerprint density at radius 2 is 1.83 bits per heavy atom. The van der Waals surface area contributed by atoms with Crippen LogP contribution < -0.4 is 0 Å². The summed E-state index contributed by atoms with van der Waals surface area (Å²) in [5.41, 5.74) is 0. The monoisotopic (exact) mass is 166 g/mol. The normalized spacial score (nSPS) is 20.4. The maximum absolute atomic E-state index is 2.40. The van der Waals surface area contributed by atoms with Gasteiger partial charge in [0, 0.05) is 0 Å². The zero-order valence-corrected chi connectivity index (χ0v) is 8.39. The van der Waals surface area contributed by atoms with Crippen LogP contribution in [-0.2, 0) is 0 Å². The topological polar surface area (TPSA) is 0 Å². The maximum atomic E-state index is 2.40. The molecule has 0 heteroatoms. The fraction of sp³-hybridized carbons (Fsp3) is 0.833. The summed E-state index contributed by atoms with van der Waals surface area (Å²) in [5, 5.41) is 0. The molecule has 0 heterocycles. The second-order valence-corrected chi connectivity index (χ2v) is 4.00. The molecule has 0 unspecified atom stereocenters. The van der Waals surface area contributed by atoms with Crippen LogP contribution in [-0.4, -0.2) is 0 Å². The van der Waals surface area contributed by atoms with Gasteiger partial charge in [0.05, 0.1) is 0 Å². The van der Waals surface area contributed by atoms with Gasteiger partial charge in [-0.05, 0) is 18.8 Å². The third-order valence-corrected chi connectivity index (χ3v) is 2.82. The second kappa shape index (κ2) is 6.28. The van der Waals surface area contributed by atoms with Gasteiger partial charge in [0.25, 0.3) is 0 Å². The Kier molecular flexibility index (Phi) is 5.14. The average Bonchev–Trinajstić information content (AvgIpc) is 2.14. The highest BCUT2D eigenvalue weighted by atomic mass is 14.2. The Labute approximate surface area is 77.1 Å². The molecule has 0 aromatic carbocycles. The quantitative estimate of drug-likeness (QED) is 0.546. The number of unbranched alkanes of at least 4 members (excludes halogenated alkanes) is 1. The molecule has 0 spiro atoms. The highest BCUT2D eigenvalue weighted by Gasteiger charge is 2.10. The fourth-order valence-electron chi connectivity index (χ4n) is 2.00. The molecule has 0 aromatic rings. The molecular formula is C12H22. The van der Waals surface area contributed by atoms with Crippen LogP contribution in [0.4, 0.5) is 0 Å². The summed E-state index contributed by atoms with van der Waals surface area (Å²) in [5.74, 6) is 1.02. The SMILES string of the molecule is CCCC=CCC1CCCCC1. The molecule has 1 aliphatic rings. The van der Waals surface area contributed by atoms with Crippen LogP contribution in [0.2, 0.25) is 0 Å². The smallest absolute Gasteiger partial charge is 0.0322 e. The zero-order valence-electron chi connectivity index (χ0n) is 8.39. The summed E-state index contributed by atoms with van der Waals surface area (Å²) in [6.07, 6.45) is 16.1. The molecule has 0 saturated heterocycles. The summed E-state index contributed by atoms with van der Waals surface area (Å²) >= 11 is 0. The van der Waals surface area contributed by atoms with Gasteiger partial charge in [-0.2, -0.15) is 0 Å². The average molecular weight is 166 g/mol. The molecule has 0 amide bonds. The molecule has 1 saturated carbocycles. The minimum Gasteiger partial charge on any atom is -0.0885 e. The first kappa shape index (κ1) is 9.83. The van der Waals surface area contributed by atoms with Crippen LogP contribution in [0.25, 0.3) is 0 Å². The predicted octanol–water partition coefficient (Wildman–Crippen LogP) is 4.31. The molecule has 70 valence electrons. The van der Waals surface area contributed by atoms with Crippen molar-refractivity contribution in [2.75, 3.05) is 0 Å². The van der Waals surface area contributed by atoms with Gasteiger partial charge in [0.1, 0.15) is 0 Å². The van der Waals surface area contributed by atoms with Crippen LogP contribution in [0.1, 0.15) is 58.3 Å². The second-order valence-electron chi connectivity index (χ2n) is 4.00. The molecule has 0 radical (unpaired) electrons.